The minimum absolute atomic E-state index is 0.547. The number of hydrogen-bond donors (Lipinski definition) is 1. The molecule has 2 heteroatoms. The minimum atomic E-state index is 0.547. The van der Waals surface area contributed by atoms with Crippen LogP contribution in [0.3, 0.4) is 0 Å². The van der Waals surface area contributed by atoms with E-state index in [0.717, 1.165) is 17.1 Å². The largest absolute Gasteiger partial charge is 0.310 e. The summed E-state index contributed by atoms with van der Waals surface area (Å²) in [5.74, 6) is 0. The second-order valence-electron chi connectivity index (χ2n) is 6.40. The molecule has 1 N–H and O–H groups in total. The van der Waals surface area contributed by atoms with E-state index in [9.17, 15) is 0 Å². The fourth-order valence-electron chi connectivity index (χ4n) is 2.61. The summed E-state index contributed by atoms with van der Waals surface area (Å²) in [4.78, 5) is 0. The minimum Gasteiger partial charge on any atom is -0.310 e. The summed E-state index contributed by atoms with van der Waals surface area (Å²) in [5.41, 5.74) is 2.99. The highest BCUT2D eigenvalue weighted by Crippen LogP contribution is 2.35. The lowest BCUT2D eigenvalue weighted by molar-refractivity contribution is 0.206. The van der Waals surface area contributed by atoms with Gasteiger partial charge in [0.05, 0.1) is 0 Å². The standard InChI is InChI=1S/C16H24ClN/c1-12-4-5-13(10-15(12)17)11-18-14-6-8-16(2,3)9-7-14/h4-5,10,14,18H,6-9,11H2,1-3H3. The van der Waals surface area contributed by atoms with Crippen molar-refractivity contribution in [3.63, 3.8) is 0 Å². The van der Waals surface area contributed by atoms with Crippen LogP contribution in [0.1, 0.15) is 50.7 Å². The SMILES string of the molecule is Cc1ccc(CNC2CCC(C)(C)CC2)cc1Cl. The first kappa shape index (κ1) is 13.9. The number of rotatable bonds is 3. The van der Waals surface area contributed by atoms with Gasteiger partial charge < -0.3 is 5.32 Å². The Bertz CT molecular complexity index is 402. The number of benzene rings is 1. The van der Waals surface area contributed by atoms with Crippen molar-refractivity contribution in [3.05, 3.63) is 34.3 Å². The average Bonchev–Trinajstić information content (AvgIpc) is 2.32. The van der Waals surface area contributed by atoms with Crippen LogP contribution in [-0.4, -0.2) is 6.04 Å². The highest BCUT2D eigenvalue weighted by molar-refractivity contribution is 6.31. The van der Waals surface area contributed by atoms with Gasteiger partial charge in [0.1, 0.15) is 0 Å². The molecule has 0 bridgehead atoms. The van der Waals surface area contributed by atoms with E-state index >= 15 is 0 Å². The van der Waals surface area contributed by atoms with Crippen LogP contribution in [0.4, 0.5) is 0 Å². The first-order valence-corrected chi connectivity index (χ1v) is 7.32. The van der Waals surface area contributed by atoms with Gasteiger partial charge in [0.15, 0.2) is 0 Å². The summed E-state index contributed by atoms with van der Waals surface area (Å²) in [6, 6.07) is 7.03. The van der Waals surface area contributed by atoms with Crippen molar-refractivity contribution in [3.8, 4) is 0 Å². The van der Waals surface area contributed by atoms with E-state index < -0.39 is 0 Å². The van der Waals surface area contributed by atoms with Gasteiger partial charge in [-0.3, -0.25) is 0 Å². The summed E-state index contributed by atoms with van der Waals surface area (Å²) in [5, 5.41) is 4.54. The molecule has 0 saturated heterocycles. The molecule has 1 fully saturated rings. The van der Waals surface area contributed by atoms with Gasteiger partial charge in [0, 0.05) is 17.6 Å². The molecule has 0 heterocycles. The topological polar surface area (TPSA) is 12.0 Å². The fourth-order valence-corrected chi connectivity index (χ4v) is 2.82. The third kappa shape index (κ3) is 3.73. The molecule has 100 valence electrons. The fraction of sp³-hybridized carbons (Fsp3) is 0.625. The Balaban J connectivity index is 1.83. The normalized spacial score (nSPS) is 20.0. The van der Waals surface area contributed by atoms with E-state index in [0.29, 0.717) is 11.5 Å². The summed E-state index contributed by atoms with van der Waals surface area (Å²) < 4.78 is 0. The molecule has 0 aromatic heterocycles. The molecular weight excluding hydrogens is 242 g/mol. The Morgan fingerprint density at radius 2 is 1.94 bits per heavy atom. The zero-order chi connectivity index (χ0) is 13.2. The van der Waals surface area contributed by atoms with Crippen LogP contribution in [0, 0.1) is 12.3 Å². The van der Waals surface area contributed by atoms with Crippen molar-refractivity contribution < 1.29 is 0 Å². The van der Waals surface area contributed by atoms with Crippen LogP contribution >= 0.6 is 11.6 Å². The number of nitrogens with one attached hydrogen (secondary N) is 1. The third-order valence-corrected chi connectivity index (χ3v) is 4.58. The number of halogens is 1. The zero-order valence-corrected chi connectivity index (χ0v) is 12.5. The van der Waals surface area contributed by atoms with E-state index in [1.165, 1.54) is 31.2 Å². The number of hydrogen-bond acceptors (Lipinski definition) is 1. The van der Waals surface area contributed by atoms with E-state index in [2.05, 4.69) is 37.4 Å². The molecular formula is C16H24ClN. The molecule has 2 rings (SSSR count). The summed E-state index contributed by atoms with van der Waals surface area (Å²) in [7, 11) is 0. The van der Waals surface area contributed by atoms with E-state index in [1.807, 2.05) is 6.92 Å². The summed E-state index contributed by atoms with van der Waals surface area (Å²) in [6.45, 7) is 7.74. The Morgan fingerprint density at radius 1 is 1.28 bits per heavy atom. The Morgan fingerprint density at radius 3 is 2.56 bits per heavy atom. The molecule has 1 aromatic rings. The average molecular weight is 266 g/mol. The molecule has 1 aliphatic carbocycles. The van der Waals surface area contributed by atoms with Gasteiger partial charge in [-0.1, -0.05) is 37.6 Å². The van der Waals surface area contributed by atoms with Crippen LogP contribution in [0.5, 0.6) is 0 Å². The highest BCUT2D eigenvalue weighted by atomic mass is 35.5. The van der Waals surface area contributed by atoms with Gasteiger partial charge in [-0.05, 0) is 55.2 Å². The first-order chi connectivity index (χ1) is 8.46. The predicted molar refractivity (Wildman–Crippen MR) is 79.1 cm³/mol. The summed E-state index contributed by atoms with van der Waals surface area (Å²) in [6.07, 6.45) is 5.26. The van der Waals surface area contributed by atoms with Gasteiger partial charge in [-0.2, -0.15) is 0 Å². The monoisotopic (exact) mass is 265 g/mol. The van der Waals surface area contributed by atoms with Crippen molar-refractivity contribution in [2.45, 2.75) is 59.0 Å². The Hall–Kier alpha value is -0.530. The van der Waals surface area contributed by atoms with Crippen LogP contribution in [0.25, 0.3) is 0 Å². The van der Waals surface area contributed by atoms with Crippen molar-refractivity contribution in [2.75, 3.05) is 0 Å². The van der Waals surface area contributed by atoms with Crippen molar-refractivity contribution in [1.29, 1.82) is 0 Å². The van der Waals surface area contributed by atoms with E-state index in [1.54, 1.807) is 0 Å². The first-order valence-electron chi connectivity index (χ1n) is 6.95. The van der Waals surface area contributed by atoms with Crippen LogP contribution in [0.15, 0.2) is 18.2 Å². The molecule has 18 heavy (non-hydrogen) atoms. The maximum absolute atomic E-state index is 6.14. The van der Waals surface area contributed by atoms with Crippen molar-refractivity contribution in [1.82, 2.24) is 5.32 Å². The van der Waals surface area contributed by atoms with E-state index in [4.69, 9.17) is 11.6 Å². The van der Waals surface area contributed by atoms with Gasteiger partial charge in [-0.25, -0.2) is 0 Å². The summed E-state index contributed by atoms with van der Waals surface area (Å²) >= 11 is 6.14. The Kier molecular flexibility index (Phi) is 4.34. The zero-order valence-electron chi connectivity index (χ0n) is 11.7. The third-order valence-electron chi connectivity index (χ3n) is 4.17. The highest BCUT2D eigenvalue weighted by Gasteiger charge is 2.26. The molecule has 0 unspecified atom stereocenters. The van der Waals surface area contributed by atoms with Gasteiger partial charge in [0.25, 0.3) is 0 Å². The lowest BCUT2D eigenvalue weighted by Gasteiger charge is -2.34. The molecule has 1 aromatic carbocycles. The van der Waals surface area contributed by atoms with Crippen LogP contribution in [0.2, 0.25) is 5.02 Å². The Labute approximate surface area is 116 Å². The predicted octanol–water partition coefficient (Wildman–Crippen LogP) is 4.71. The van der Waals surface area contributed by atoms with Crippen molar-refractivity contribution >= 4 is 11.6 Å². The second kappa shape index (κ2) is 5.63. The molecule has 0 aliphatic heterocycles. The maximum atomic E-state index is 6.14. The molecule has 1 aliphatic rings. The van der Waals surface area contributed by atoms with Gasteiger partial charge in [-0.15, -0.1) is 0 Å². The smallest absolute Gasteiger partial charge is 0.0438 e. The molecule has 1 nitrogen and oxygen atoms in total. The maximum Gasteiger partial charge on any atom is 0.0438 e. The quantitative estimate of drug-likeness (QED) is 0.835. The molecule has 1 saturated carbocycles. The van der Waals surface area contributed by atoms with Crippen molar-refractivity contribution in [2.24, 2.45) is 5.41 Å². The second-order valence-corrected chi connectivity index (χ2v) is 6.81. The van der Waals surface area contributed by atoms with Crippen LogP contribution < -0.4 is 5.32 Å². The molecule has 0 amide bonds. The lowest BCUT2D eigenvalue weighted by Crippen LogP contribution is -2.35. The molecule has 0 spiro atoms. The molecule has 0 radical (unpaired) electrons. The van der Waals surface area contributed by atoms with Gasteiger partial charge in [0.2, 0.25) is 0 Å². The van der Waals surface area contributed by atoms with Crippen LogP contribution in [-0.2, 0) is 6.54 Å². The number of aryl methyl sites for hydroxylation is 1. The van der Waals surface area contributed by atoms with Gasteiger partial charge >= 0.3 is 0 Å². The van der Waals surface area contributed by atoms with E-state index in [-0.39, 0.29) is 0 Å². The molecule has 0 atom stereocenters. The lowest BCUT2D eigenvalue weighted by atomic mass is 9.75.